The fraction of sp³-hybridized carbons (Fsp3) is 0.429. The molecule has 2 N–H and O–H groups in total. The van der Waals surface area contributed by atoms with Gasteiger partial charge in [-0.1, -0.05) is 17.7 Å². The number of aliphatic carboxylic acids is 1. The average Bonchev–Trinajstić information content (AvgIpc) is 2.21. The van der Waals surface area contributed by atoms with E-state index in [9.17, 15) is 9.59 Å². The fourth-order valence-corrected chi connectivity index (χ4v) is 1.63. The second-order valence-electron chi connectivity index (χ2n) is 5.23. The predicted molar refractivity (Wildman–Crippen MR) is 70.6 cm³/mol. The van der Waals surface area contributed by atoms with Crippen LogP contribution in [0.2, 0.25) is 0 Å². The lowest BCUT2D eigenvalue weighted by atomic mass is 9.89. The Morgan fingerprint density at radius 1 is 1.28 bits per heavy atom. The van der Waals surface area contributed by atoms with Gasteiger partial charge in [-0.2, -0.15) is 0 Å². The second kappa shape index (κ2) is 5.21. The molecule has 0 aliphatic rings. The minimum absolute atomic E-state index is 0.0460. The summed E-state index contributed by atoms with van der Waals surface area (Å²) >= 11 is 0. The second-order valence-corrected chi connectivity index (χ2v) is 5.23. The van der Waals surface area contributed by atoms with Crippen LogP contribution in [0.4, 0.5) is 5.69 Å². The Bertz CT molecular complexity index is 478. The number of benzene rings is 1. The monoisotopic (exact) mass is 249 g/mol. The molecule has 0 fully saturated rings. The molecule has 4 heteroatoms. The summed E-state index contributed by atoms with van der Waals surface area (Å²) in [7, 11) is 0. The van der Waals surface area contributed by atoms with E-state index in [1.807, 2.05) is 32.0 Å². The maximum absolute atomic E-state index is 11.8. The van der Waals surface area contributed by atoms with Crippen molar-refractivity contribution in [3.05, 3.63) is 29.3 Å². The van der Waals surface area contributed by atoms with E-state index in [0.29, 0.717) is 0 Å². The smallest absolute Gasteiger partial charge is 0.309 e. The number of nitrogens with one attached hydrogen (secondary N) is 1. The van der Waals surface area contributed by atoms with Gasteiger partial charge in [0.05, 0.1) is 5.41 Å². The van der Waals surface area contributed by atoms with E-state index in [1.54, 1.807) is 0 Å². The first-order chi connectivity index (χ1) is 8.22. The third-order valence-corrected chi connectivity index (χ3v) is 2.84. The molecule has 1 rings (SSSR count). The van der Waals surface area contributed by atoms with Crippen LogP contribution >= 0.6 is 0 Å². The number of hydrogen-bond acceptors (Lipinski definition) is 2. The zero-order valence-electron chi connectivity index (χ0n) is 11.2. The summed E-state index contributed by atoms with van der Waals surface area (Å²) in [6.45, 7) is 6.96. The standard InChI is InChI=1S/C14H19NO3/c1-9-5-6-11(10(2)7-9)15-12(16)8-14(3,4)13(17)18/h5-7H,8H2,1-4H3,(H,15,16)(H,17,18). The van der Waals surface area contributed by atoms with Crippen LogP contribution in [0.5, 0.6) is 0 Å². The minimum Gasteiger partial charge on any atom is -0.481 e. The van der Waals surface area contributed by atoms with Crippen LogP contribution in [0.3, 0.4) is 0 Å². The Morgan fingerprint density at radius 3 is 2.39 bits per heavy atom. The Kier molecular flexibility index (Phi) is 4.11. The third kappa shape index (κ3) is 3.58. The molecule has 0 saturated carbocycles. The van der Waals surface area contributed by atoms with E-state index in [-0.39, 0.29) is 12.3 Å². The van der Waals surface area contributed by atoms with Crippen molar-refractivity contribution in [1.29, 1.82) is 0 Å². The molecule has 1 aromatic carbocycles. The molecule has 0 heterocycles. The first-order valence-corrected chi connectivity index (χ1v) is 5.83. The number of anilines is 1. The maximum atomic E-state index is 11.8. The molecule has 4 nitrogen and oxygen atoms in total. The van der Waals surface area contributed by atoms with Crippen molar-refractivity contribution < 1.29 is 14.7 Å². The highest BCUT2D eigenvalue weighted by Crippen LogP contribution is 2.22. The largest absolute Gasteiger partial charge is 0.481 e. The lowest BCUT2D eigenvalue weighted by molar-refractivity contribution is -0.148. The average molecular weight is 249 g/mol. The lowest BCUT2D eigenvalue weighted by Gasteiger charge is -2.18. The van der Waals surface area contributed by atoms with Gasteiger partial charge in [-0.05, 0) is 39.3 Å². The number of carboxylic acid groups (broad SMARTS) is 1. The predicted octanol–water partition coefficient (Wildman–Crippen LogP) is 2.74. The van der Waals surface area contributed by atoms with Gasteiger partial charge < -0.3 is 10.4 Å². The van der Waals surface area contributed by atoms with Crippen LogP contribution in [0.25, 0.3) is 0 Å². The van der Waals surface area contributed by atoms with E-state index in [1.165, 1.54) is 13.8 Å². The first-order valence-electron chi connectivity index (χ1n) is 5.83. The quantitative estimate of drug-likeness (QED) is 0.862. The summed E-state index contributed by atoms with van der Waals surface area (Å²) in [4.78, 5) is 22.7. The van der Waals surface area contributed by atoms with E-state index in [2.05, 4.69) is 5.32 Å². The number of aryl methyl sites for hydroxylation is 2. The minimum atomic E-state index is -1.05. The molecule has 1 aromatic rings. The van der Waals surface area contributed by atoms with Crippen molar-refractivity contribution in [3.63, 3.8) is 0 Å². The summed E-state index contributed by atoms with van der Waals surface area (Å²) in [6, 6.07) is 5.71. The Morgan fingerprint density at radius 2 is 1.89 bits per heavy atom. The summed E-state index contributed by atoms with van der Waals surface area (Å²) in [5.74, 6) is -1.26. The van der Waals surface area contributed by atoms with Gasteiger partial charge in [-0.3, -0.25) is 9.59 Å². The zero-order valence-corrected chi connectivity index (χ0v) is 11.2. The van der Waals surface area contributed by atoms with Crippen molar-refractivity contribution >= 4 is 17.6 Å². The highest BCUT2D eigenvalue weighted by Gasteiger charge is 2.30. The molecule has 0 aliphatic carbocycles. The van der Waals surface area contributed by atoms with Gasteiger partial charge in [0, 0.05) is 12.1 Å². The van der Waals surface area contributed by atoms with Gasteiger partial charge in [0.25, 0.3) is 0 Å². The molecule has 0 spiro atoms. The van der Waals surface area contributed by atoms with Crippen LogP contribution < -0.4 is 5.32 Å². The van der Waals surface area contributed by atoms with E-state index in [0.717, 1.165) is 16.8 Å². The summed E-state index contributed by atoms with van der Waals surface area (Å²) in [5.41, 5.74) is 1.77. The normalized spacial score (nSPS) is 11.1. The van der Waals surface area contributed by atoms with Crippen LogP contribution in [0, 0.1) is 19.3 Å². The molecule has 0 aromatic heterocycles. The van der Waals surface area contributed by atoms with E-state index >= 15 is 0 Å². The molecule has 98 valence electrons. The molecule has 1 amide bonds. The van der Waals surface area contributed by atoms with Gasteiger partial charge in [-0.15, -0.1) is 0 Å². The van der Waals surface area contributed by atoms with Crippen LogP contribution in [-0.2, 0) is 9.59 Å². The Labute approximate surface area is 107 Å². The molecule has 0 unspecified atom stereocenters. The van der Waals surface area contributed by atoms with Crippen molar-refractivity contribution in [2.75, 3.05) is 5.32 Å². The summed E-state index contributed by atoms with van der Waals surface area (Å²) in [5, 5.41) is 11.7. The SMILES string of the molecule is Cc1ccc(NC(=O)CC(C)(C)C(=O)O)c(C)c1. The van der Waals surface area contributed by atoms with Gasteiger partial charge >= 0.3 is 5.97 Å². The number of hydrogen-bond donors (Lipinski definition) is 2. The van der Waals surface area contributed by atoms with Crippen LogP contribution in [0.15, 0.2) is 18.2 Å². The zero-order chi connectivity index (χ0) is 13.9. The van der Waals surface area contributed by atoms with Gasteiger partial charge in [0.2, 0.25) is 5.91 Å². The molecule has 0 bridgehead atoms. The molecule has 0 atom stereocenters. The van der Waals surface area contributed by atoms with Gasteiger partial charge in [0.15, 0.2) is 0 Å². The molecular formula is C14H19NO3. The number of rotatable bonds is 4. The molecular weight excluding hydrogens is 230 g/mol. The molecule has 0 saturated heterocycles. The van der Waals surface area contributed by atoms with Crippen LogP contribution in [-0.4, -0.2) is 17.0 Å². The van der Waals surface area contributed by atoms with Crippen LogP contribution in [0.1, 0.15) is 31.4 Å². The highest BCUT2D eigenvalue weighted by atomic mass is 16.4. The number of carboxylic acids is 1. The van der Waals surface area contributed by atoms with Gasteiger partial charge in [-0.25, -0.2) is 0 Å². The number of carbonyl (C=O) groups is 2. The Hall–Kier alpha value is -1.84. The fourth-order valence-electron chi connectivity index (χ4n) is 1.63. The van der Waals surface area contributed by atoms with Crippen molar-refractivity contribution in [1.82, 2.24) is 0 Å². The highest BCUT2D eigenvalue weighted by molar-refractivity contribution is 5.94. The lowest BCUT2D eigenvalue weighted by Crippen LogP contribution is -2.29. The summed E-state index contributed by atoms with van der Waals surface area (Å²) in [6.07, 6.45) is -0.0460. The maximum Gasteiger partial charge on any atom is 0.309 e. The summed E-state index contributed by atoms with van der Waals surface area (Å²) < 4.78 is 0. The number of amides is 1. The molecule has 0 radical (unpaired) electrons. The topological polar surface area (TPSA) is 66.4 Å². The first kappa shape index (κ1) is 14.2. The van der Waals surface area contributed by atoms with Crippen molar-refractivity contribution in [2.24, 2.45) is 5.41 Å². The van der Waals surface area contributed by atoms with Crippen molar-refractivity contribution in [2.45, 2.75) is 34.1 Å². The van der Waals surface area contributed by atoms with E-state index < -0.39 is 11.4 Å². The Balaban J connectivity index is 2.74. The van der Waals surface area contributed by atoms with E-state index in [4.69, 9.17) is 5.11 Å². The molecule has 18 heavy (non-hydrogen) atoms. The number of carbonyl (C=O) groups excluding carboxylic acids is 1. The molecule has 0 aliphatic heterocycles. The third-order valence-electron chi connectivity index (χ3n) is 2.84. The van der Waals surface area contributed by atoms with Gasteiger partial charge in [0.1, 0.15) is 0 Å². The van der Waals surface area contributed by atoms with Crippen molar-refractivity contribution in [3.8, 4) is 0 Å².